The van der Waals surface area contributed by atoms with Crippen LogP contribution >= 0.6 is 0 Å². The normalized spacial score (nSPS) is 11.2. The van der Waals surface area contributed by atoms with Crippen molar-refractivity contribution in [2.24, 2.45) is 0 Å². The summed E-state index contributed by atoms with van der Waals surface area (Å²) in [5.41, 5.74) is 14.8. The minimum Gasteiger partial charge on any atom is -0.455 e. The minimum absolute atomic E-state index is 0. The maximum absolute atomic E-state index is 6.42. The third-order valence-electron chi connectivity index (χ3n) is 8.50. The molecule has 0 aliphatic carbocycles. The number of pyridine rings is 2. The van der Waals surface area contributed by atoms with Crippen molar-refractivity contribution in [3.63, 3.8) is 0 Å². The van der Waals surface area contributed by atoms with Gasteiger partial charge >= 0.3 is 0 Å². The number of nitrogens with zero attached hydrogens (tertiary/aromatic N) is 2. The van der Waals surface area contributed by atoms with E-state index in [1.54, 1.807) is 6.20 Å². The summed E-state index contributed by atoms with van der Waals surface area (Å²) in [5.74, 6) is 0. The number of aryl methyl sites for hydroxylation is 1. The number of anilines is 2. The second-order valence-corrected chi connectivity index (χ2v) is 11.5. The van der Waals surface area contributed by atoms with Crippen molar-refractivity contribution in [1.29, 1.82) is 0 Å². The van der Waals surface area contributed by atoms with E-state index < -0.39 is 0 Å². The summed E-state index contributed by atoms with van der Waals surface area (Å²) in [6.07, 6.45) is 3.69. The van der Waals surface area contributed by atoms with Crippen LogP contribution in [0.3, 0.4) is 0 Å². The summed E-state index contributed by atoms with van der Waals surface area (Å²) in [6.45, 7) is 4.25. The van der Waals surface area contributed by atoms with Crippen LogP contribution in [0, 0.1) is 26.0 Å². The van der Waals surface area contributed by atoms with Crippen LogP contribution in [0.15, 0.2) is 138 Å². The van der Waals surface area contributed by atoms with Crippen molar-refractivity contribution in [3.8, 4) is 44.8 Å². The first-order valence-corrected chi connectivity index (χ1v) is 15.3. The van der Waals surface area contributed by atoms with Crippen molar-refractivity contribution in [3.05, 3.63) is 157 Å². The average molecular weight is 784 g/mol. The Morgan fingerprint density at radius 3 is 2.28 bits per heavy atom. The van der Waals surface area contributed by atoms with E-state index in [9.17, 15) is 0 Å². The summed E-state index contributed by atoms with van der Waals surface area (Å²) in [5, 5.41) is 5.97. The molecule has 1 N–H and O–H groups in total. The predicted molar refractivity (Wildman–Crippen MR) is 188 cm³/mol. The first-order chi connectivity index (χ1) is 22.6. The quantitative estimate of drug-likeness (QED) is 0.177. The third kappa shape index (κ3) is 5.65. The van der Waals surface area contributed by atoms with Gasteiger partial charge in [-0.15, -0.1) is 59.7 Å². The van der Waals surface area contributed by atoms with Crippen LogP contribution in [0.1, 0.15) is 11.1 Å². The van der Waals surface area contributed by atoms with Crippen molar-refractivity contribution < 1.29 is 24.5 Å². The Balaban J connectivity index is 0.000000228. The molecular formula is C42H29IrN3O-2. The fourth-order valence-electron chi connectivity index (χ4n) is 6.17. The maximum atomic E-state index is 6.42. The number of nitrogens with one attached hydrogen (secondary N) is 1. The molecule has 4 nitrogen and oxygen atoms in total. The second kappa shape index (κ2) is 12.8. The minimum atomic E-state index is 0. The van der Waals surface area contributed by atoms with E-state index in [1.807, 2.05) is 66.9 Å². The SMILES string of the molecule is Cc1ccc(-c2[c-]cc3c(c2)-c2cccc(c2C)-c2c(ccc4c2oc2ccccc24)N3)nc1.[Ir].[c-]1ccccc1-c1ccccn1. The molecule has 5 heteroatoms. The number of hydrogen-bond acceptors (Lipinski definition) is 4. The zero-order valence-electron chi connectivity index (χ0n) is 25.8. The Morgan fingerprint density at radius 2 is 1.47 bits per heavy atom. The predicted octanol–water partition coefficient (Wildman–Crippen LogP) is 11.0. The molecule has 0 unspecified atom stereocenters. The molecule has 0 fully saturated rings. The number of aromatic nitrogens is 2. The molecule has 229 valence electrons. The van der Waals surface area contributed by atoms with Gasteiger partial charge in [0.2, 0.25) is 0 Å². The number of furan rings is 1. The Hall–Kier alpha value is -5.35. The van der Waals surface area contributed by atoms with Crippen LogP contribution < -0.4 is 5.32 Å². The number of hydrogen-bond donors (Lipinski definition) is 1. The Morgan fingerprint density at radius 1 is 0.638 bits per heavy atom. The summed E-state index contributed by atoms with van der Waals surface area (Å²) in [7, 11) is 0. The van der Waals surface area contributed by atoms with Crippen LogP contribution in [-0.4, -0.2) is 9.97 Å². The molecule has 0 atom stereocenters. The summed E-state index contributed by atoms with van der Waals surface area (Å²) in [4.78, 5) is 8.84. The first kappa shape index (κ1) is 30.3. The number of rotatable bonds is 2. The van der Waals surface area contributed by atoms with E-state index in [1.165, 1.54) is 16.7 Å². The van der Waals surface area contributed by atoms with Crippen LogP contribution in [0.25, 0.3) is 66.7 Å². The van der Waals surface area contributed by atoms with E-state index in [0.29, 0.717) is 0 Å². The number of fused-ring (bicyclic) bond motifs is 10. The topological polar surface area (TPSA) is 51.0 Å². The van der Waals surface area contributed by atoms with E-state index >= 15 is 0 Å². The molecule has 3 aromatic heterocycles. The molecule has 4 heterocycles. The van der Waals surface area contributed by atoms with Crippen LogP contribution in [0.5, 0.6) is 0 Å². The second-order valence-electron chi connectivity index (χ2n) is 11.5. The molecule has 47 heavy (non-hydrogen) atoms. The van der Waals surface area contributed by atoms with Gasteiger partial charge in [0, 0.05) is 54.5 Å². The van der Waals surface area contributed by atoms with E-state index in [4.69, 9.17) is 4.42 Å². The van der Waals surface area contributed by atoms with Gasteiger partial charge in [-0.05, 0) is 77.4 Å². The molecule has 1 aliphatic heterocycles. The van der Waals surface area contributed by atoms with Crippen molar-refractivity contribution in [2.45, 2.75) is 13.8 Å². The summed E-state index contributed by atoms with van der Waals surface area (Å²) >= 11 is 0. The standard InChI is InChI=1S/C31H21N2O.C11H8N.Ir/c1-18-10-13-26(32-17-18)20-11-14-27-25(16-20)21-7-5-8-22(19(21)2)30-28(33-27)15-12-24-23-6-3-4-9-29(23)34-31(24)30;1-2-6-10(7-3-1)11-8-4-5-9-12-11;/h3-10,12-17,33H,1-2H3;1-6,8-9H;/q2*-1;. The Bertz CT molecular complexity index is 2310. The zero-order chi connectivity index (χ0) is 31.0. The number of benzene rings is 5. The largest absolute Gasteiger partial charge is 0.455 e. The first-order valence-electron chi connectivity index (χ1n) is 15.3. The van der Waals surface area contributed by atoms with Gasteiger partial charge in [-0.3, -0.25) is 0 Å². The van der Waals surface area contributed by atoms with Crippen molar-refractivity contribution in [1.82, 2.24) is 9.97 Å². The fourth-order valence-corrected chi connectivity index (χ4v) is 6.17. The van der Waals surface area contributed by atoms with E-state index in [-0.39, 0.29) is 20.1 Å². The van der Waals surface area contributed by atoms with Gasteiger partial charge < -0.3 is 19.7 Å². The smallest absolute Gasteiger partial charge is 0.145 e. The molecule has 5 aromatic carbocycles. The molecule has 0 saturated heterocycles. The summed E-state index contributed by atoms with van der Waals surface area (Å²) < 4.78 is 6.42. The van der Waals surface area contributed by atoms with Crippen molar-refractivity contribution >= 4 is 33.3 Å². The van der Waals surface area contributed by atoms with Gasteiger partial charge in [0.05, 0.1) is 0 Å². The number of para-hydroxylation sites is 1. The zero-order valence-corrected chi connectivity index (χ0v) is 28.2. The summed E-state index contributed by atoms with van der Waals surface area (Å²) in [6, 6.07) is 47.7. The average Bonchev–Trinajstić information content (AvgIpc) is 3.49. The van der Waals surface area contributed by atoms with Gasteiger partial charge in [-0.1, -0.05) is 66.2 Å². The van der Waals surface area contributed by atoms with Gasteiger partial charge in [0.25, 0.3) is 0 Å². The molecule has 2 bridgehead atoms. The Kier molecular flexibility index (Phi) is 8.26. The molecule has 1 radical (unpaired) electrons. The molecule has 0 saturated carbocycles. The Labute approximate surface area is 287 Å². The molecule has 8 aromatic rings. The van der Waals surface area contributed by atoms with Crippen LogP contribution in [0.4, 0.5) is 11.4 Å². The molecule has 0 amide bonds. The third-order valence-corrected chi connectivity index (χ3v) is 8.50. The molecule has 9 rings (SSSR count). The molecule has 1 aliphatic rings. The van der Waals surface area contributed by atoms with Gasteiger partial charge in [0.1, 0.15) is 11.2 Å². The van der Waals surface area contributed by atoms with Crippen LogP contribution in [0.2, 0.25) is 0 Å². The van der Waals surface area contributed by atoms with E-state index in [2.05, 4.69) is 102 Å². The maximum Gasteiger partial charge on any atom is 0.145 e. The van der Waals surface area contributed by atoms with Gasteiger partial charge in [-0.25, -0.2) is 0 Å². The van der Waals surface area contributed by atoms with E-state index in [0.717, 1.165) is 72.5 Å². The van der Waals surface area contributed by atoms with Crippen molar-refractivity contribution in [2.75, 3.05) is 5.32 Å². The van der Waals surface area contributed by atoms with Gasteiger partial charge in [0.15, 0.2) is 0 Å². The molecule has 0 spiro atoms. The monoisotopic (exact) mass is 784 g/mol. The molecular weight excluding hydrogens is 755 g/mol. The van der Waals surface area contributed by atoms with Gasteiger partial charge in [-0.2, -0.15) is 0 Å². The fraction of sp³-hybridized carbons (Fsp3) is 0.0476. The van der Waals surface area contributed by atoms with Crippen LogP contribution in [-0.2, 0) is 20.1 Å².